The molecule has 2 aromatic carbocycles. The van der Waals surface area contributed by atoms with Crippen molar-refractivity contribution >= 4 is 17.5 Å². The van der Waals surface area contributed by atoms with Gasteiger partial charge >= 0.3 is 6.18 Å². The quantitative estimate of drug-likeness (QED) is 0.541. The molecule has 0 radical (unpaired) electrons. The molecule has 9 heteroatoms. The molecule has 1 aromatic heterocycles. The minimum absolute atomic E-state index is 0.108. The Hall–Kier alpha value is -3.59. The molecule has 0 unspecified atom stereocenters. The number of furan rings is 1. The average molecular weight is 432 g/mol. The van der Waals surface area contributed by atoms with E-state index in [1.165, 1.54) is 36.6 Å². The Morgan fingerprint density at radius 3 is 2.35 bits per heavy atom. The fourth-order valence-electron chi connectivity index (χ4n) is 2.87. The van der Waals surface area contributed by atoms with Crippen molar-refractivity contribution < 1.29 is 32.3 Å². The maximum atomic E-state index is 12.7. The van der Waals surface area contributed by atoms with Gasteiger partial charge in [-0.05, 0) is 54.4 Å². The van der Waals surface area contributed by atoms with Crippen LogP contribution in [0.2, 0.25) is 0 Å². The van der Waals surface area contributed by atoms with Gasteiger partial charge in [0.2, 0.25) is 0 Å². The van der Waals surface area contributed by atoms with Gasteiger partial charge in [0, 0.05) is 11.3 Å². The van der Waals surface area contributed by atoms with Crippen LogP contribution in [0.25, 0.3) is 0 Å². The number of benzene rings is 2. The molecule has 0 fully saturated rings. The van der Waals surface area contributed by atoms with E-state index in [0.29, 0.717) is 16.8 Å². The molecule has 0 spiro atoms. The number of nitrogens with one attached hydrogen (secondary N) is 2. The number of aryl methyl sites for hydroxylation is 1. The Labute approximate surface area is 175 Å². The van der Waals surface area contributed by atoms with Crippen molar-refractivity contribution in [1.82, 2.24) is 5.32 Å². The van der Waals surface area contributed by atoms with Crippen LogP contribution in [0.4, 0.5) is 18.9 Å². The Balaban J connectivity index is 1.75. The van der Waals surface area contributed by atoms with E-state index < -0.39 is 36.2 Å². The van der Waals surface area contributed by atoms with E-state index in [0.717, 1.165) is 12.1 Å². The monoisotopic (exact) mass is 432 g/mol. The van der Waals surface area contributed by atoms with Crippen LogP contribution in [0.5, 0.6) is 0 Å². The van der Waals surface area contributed by atoms with E-state index in [9.17, 15) is 27.9 Å². The van der Waals surface area contributed by atoms with Gasteiger partial charge in [0.1, 0.15) is 0 Å². The number of carbonyl (C=O) groups is 2. The first-order chi connectivity index (χ1) is 14.7. The lowest BCUT2D eigenvalue weighted by molar-refractivity contribution is -0.137. The number of hydrogen-bond donors (Lipinski definition) is 3. The first-order valence-electron chi connectivity index (χ1n) is 9.23. The van der Waals surface area contributed by atoms with Crippen molar-refractivity contribution in [3.05, 3.63) is 88.9 Å². The number of amides is 2. The van der Waals surface area contributed by atoms with Crippen LogP contribution in [-0.2, 0) is 6.18 Å². The van der Waals surface area contributed by atoms with Gasteiger partial charge in [-0.3, -0.25) is 9.59 Å². The van der Waals surface area contributed by atoms with E-state index in [4.69, 9.17) is 4.42 Å². The molecular formula is C22H19F3N2O4. The zero-order chi connectivity index (χ0) is 22.6. The molecular weight excluding hydrogens is 413 g/mol. The van der Waals surface area contributed by atoms with E-state index >= 15 is 0 Å². The first kappa shape index (κ1) is 22.1. The molecule has 3 aromatic rings. The summed E-state index contributed by atoms with van der Waals surface area (Å²) in [6.45, 7) is 1.24. The Morgan fingerprint density at radius 1 is 1.06 bits per heavy atom. The summed E-state index contributed by atoms with van der Waals surface area (Å²) in [5, 5.41) is 14.9. The second kappa shape index (κ2) is 9.05. The zero-order valence-corrected chi connectivity index (χ0v) is 16.4. The number of halogens is 3. The van der Waals surface area contributed by atoms with E-state index in [-0.39, 0.29) is 11.3 Å². The van der Waals surface area contributed by atoms with E-state index in [1.54, 1.807) is 19.1 Å². The molecule has 0 aliphatic carbocycles. The normalized spacial score (nSPS) is 12.3. The maximum absolute atomic E-state index is 12.7. The molecule has 3 rings (SSSR count). The molecule has 1 atom stereocenters. The predicted octanol–water partition coefficient (Wildman–Crippen LogP) is 4.32. The average Bonchev–Trinajstić information content (AvgIpc) is 3.28. The minimum atomic E-state index is -4.48. The van der Waals surface area contributed by atoms with Crippen molar-refractivity contribution in [1.29, 1.82) is 0 Å². The molecule has 2 amide bonds. The van der Waals surface area contributed by atoms with Gasteiger partial charge in [-0.2, -0.15) is 13.2 Å². The minimum Gasteiger partial charge on any atom is -0.459 e. The fourth-order valence-corrected chi connectivity index (χ4v) is 2.87. The van der Waals surface area contributed by atoms with Gasteiger partial charge in [-0.1, -0.05) is 18.2 Å². The molecule has 3 N–H and O–H groups in total. The van der Waals surface area contributed by atoms with Gasteiger partial charge in [0.05, 0.1) is 24.5 Å². The maximum Gasteiger partial charge on any atom is 0.416 e. The second-order valence-electron chi connectivity index (χ2n) is 6.79. The lowest BCUT2D eigenvalue weighted by Crippen LogP contribution is -2.31. The third-order valence-electron chi connectivity index (χ3n) is 4.62. The Kier molecular flexibility index (Phi) is 6.45. The van der Waals surface area contributed by atoms with E-state index in [2.05, 4.69) is 10.6 Å². The highest BCUT2D eigenvalue weighted by molar-refractivity contribution is 6.04. The highest BCUT2D eigenvalue weighted by Crippen LogP contribution is 2.30. The molecule has 0 bridgehead atoms. The van der Waals surface area contributed by atoms with Gasteiger partial charge in [-0.25, -0.2) is 0 Å². The summed E-state index contributed by atoms with van der Waals surface area (Å²) in [6.07, 6.45) is -3.11. The Bertz CT molecular complexity index is 1060. The zero-order valence-electron chi connectivity index (χ0n) is 16.4. The number of aliphatic hydroxyl groups is 1. The van der Waals surface area contributed by atoms with Crippen LogP contribution in [-0.4, -0.2) is 23.5 Å². The van der Waals surface area contributed by atoms with Crippen molar-refractivity contribution in [2.75, 3.05) is 11.9 Å². The van der Waals surface area contributed by atoms with Crippen LogP contribution < -0.4 is 10.6 Å². The van der Waals surface area contributed by atoms with Crippen LogP contribution in [0.3, 0.4) is 0 Å². The van der Waals surface area contributed by atoms with Crippen molar-refractivity contribution in [3.8, 4) is 0 Å². The molecule has 1 heterocycles. The summed E-state index contributed by atoms with van der Waals surface area (Å²) in [4.78, 5) is 24.9. The fraction of sp³-hybridized carbons (Fsp3) is 0.182. The number of aliphatic hydroxyl groups excluding tert-OH is 1. The molecule has 0 saturated carbocycles. The lowest BCUT2D eigenvalue weighted by Gasteiger charge is -2.18. The lowest BCUT2D eigenvalue weighted by atomic mass is 10.0. The van der Waals surface area contributed by atoms with Crippen LogP contribution >= 0.6 is 0 Å². The van der Waals surface area contributed by atoms with Crippen molar-refractivity contribution in [3.63, 3.8) is 0 Å². The summed E-state index contributed by atoms with van der Waals surface area (Å²) in [7, 11) is 0. The smallest absolute Gasteiger partial charge is 0.416 e. The van der Waals surface area contributed by atoms with Crippen LogP contribution in [0.1, 0.15) is 43.6 Å². The Morgan fingerprint density at radius 2 is 1.77 bits per heavy atom. The van der Waals surface area contributed by atoms with Crippen molar-refractivity contribution in [2.24, 2.45) is 0 Å². The second-order valence-corrected chi connectivity index (χ2v) is 6.79. The number of anilines is 1. The summed E-state index contributed by atoms with van der Waals surface area (Å²) in [5.41, 5.74) is 0.796. The largest absolute Gasteiger partial charge is 0.459 e. The SMILES string of the molecule is Cc1ccc(C(=O)N[C@H](CO)c2ccc(C(F)(F)F)cc2)cc1NC(=O)c1ccco1. The van der Waals surface area contributed by atoms with Crippen LogP contribution in [0, 0.1) is 6.92 Å². The molecule has 0 saturated heterocycles. The molecule has 162 valence electrons. The molecule has 0 aliphatic rings. The predicted molar refractivity (Wildman–Crippen MR) is 107 cm³/mol. The van der Waals surface area contributed by atoms with Crippen LogP contribution in [0.15, 0.2) is 65.3 Å². The summed E-state index contributed by atoms with van der Waals surface area (Å²) in [5.74, 6) is -0.937. The van der Waals surface area contributed by atoms with Crippen molar-refractivity contribution in [2.45, 2.75) is 19.1 Å². The molecule has 31 heavy (non-hydrogen) atoms. The number of rotatable bonds is 6. The van der Waals surface area contributed by atoms with Gasteiger partial charge < -0.3 is 20.2 Å². The number of alkyl halides is 3. The van der Waals surface area contributed by atoms with Gasteiger partial charge in [0.25, 0.3) is 11.8 Å². The summed E-state index contributed by atoms with van der Waals surface area (Å²) in [6, 6.07) is 11.0. The number of carbonyl (C=O) groups excluding carboxylic acids is 2. The number of hydrogen-bond acceptors (Lipinski definition) is 4. The topological polar surface area (TPSA) is 91.6 Å². The third-order valence-corrected chi connectivity index (χ3v) is 4.62. The van der Waals surface area contributed by atoms with Gasteiger partial charge in [0.15, 0.2) is 5.76 Å². The molecule has 0 aliphatic heterocycles. The third kappa shape index (κ3) is 5.32. The van der Waals surface area contributed by atoms with Gasteiger partial charge in [-0.15, -0.1) is 0 Å². The highest BCUT2D eigenvalue weighted by atomic mass is 19.4. The summed E-state index contributed by atoms with van der Waals surface area (Å²) >= 11 is 0. The van der Waals surface area contributed by atoms with E-state index in [1.807, 2.05) is 0 Å². The standard InChI is InChI=1S/C22H19F3N2O4/c1-13-4-5-15(11-17(13)26-21(30)19-3-2-10-31-19)20(29)27-18(12-28)14-6-8-16(9-7-14)22(23,24)25/h2-11,18,28H,12H2,1H3,(H,26,30)(H,27,29)/t18-/m1/s1. The highest BCUT2D eigenvalue weighted by Gasteiger charge is 2.30. The first-order valence-corrected chi connectivity index (χ1v) is 9.23. The molecule has 6 nitrogen and oxygen atoms in total. The summed E-state index contributed by atoms with van der Waals surface area (Å²) < 4.78 is 43.2.